The van der Waals surface area contributed by atoms with Crippen molar-refractivity contribution in [2.45, 2.75) is 0 Å². The summed E-state index contributed by atoms with van der Waals surface area (Å²) >= 11 is 0. The SMILES string of the molecule is N#CC(=Cc1cccn1-c1cccc(C(=O)O)c1)c1cccc([N+](=O)[O-])c1. The summed E-state index contributed by atoms with van der Waals surface area (Å²) < 4.78 is 1.74. The summed E-state index contributed by atoms with van der Waals surface area (Å²) in [4.78, 5) is 21.6. The minimum atomic E-state index is -1.03. The van der Waals surface area contributed by atoms with E-state index in [1.165, 1.54) is 30.3 Å². The predicted molar refractivity (Wildman–Crippen MR) is 99.3 cm³/mol. The van der Waals surface area contributed by atoms with E-state index in [9.17, 15) is 20.2 Å². The molecule has 1 N–H and O–H groups in total. The number of allylic oxidation sites excluding steroid dienone is 1. The normalized spacial score (nSPS) is 11.0. The zero-order chi connectivity index (χ0) is 19.4. The number of nitriles is 1. The number of rotatable bonds is 5. The third kappa shape index (κ3) is 3.75. The number of aromatic carboxylic acids is 1. The molecule has 1 aromatic heterocycles. The second-order valence-electron chi connectivity index (χ2n) is 5.64. The van der Waals surface area contributed by atoms with E-state index in [0.717, 1.165) is 0 Å². The zero-order valence-corrected chi connectivity index (χ0v) is 13.9. The molecule has 0 saturated carbocycles. The Morgan fingerprint density at radius 1 is 1.11 bits per heavy atom. The van der Waals surface area contributed by atoms with Gasteiger partial charge in [-0.1, -0.05) is 18.2 Å². The van der Waals surface area contributed by atoms with Gasteiger partial charge in [0.15, 0.2) is 0 Å². The number of carboxylic acid groups (broad SMARTS) is 1. The molecule has 132 valence electrons. The molecule has 0 atom stereocenters. The third-order valence-corrected chi connectivity index (χ3v) is 3.93. The lowest BCUT2D eigenvalue weighted by Gasteiger charge is -2.08. The van der Waals surface area contributed by atoms with E-state index in [1.54, 1.807) is 47.2 Å². The molecule has 0 aliphatic heterocycles. The molecule has 0 saturated heterocycles. The minimum absolute atomic E-state index is 0.0989. The number of aromatic nitrogens is 1. The number of non-ortho nitro benzene ring substituents is 1. The van der Waals surface area contributed by atoms with E-state index >= 15 is 0 Å². The summed E-state index contributed by atoms with van der Waals surface area (Å²) in [5.41, 5.74) is 2.00. The molecule has 0 aliphatic carbocycles. The molecule has 3 rings (SSSR count). The Labute approximate surface area is 154 Å². The zero-order valence-electron chi connectivity index (χ0n) is 13.9. The first-order valence-corrected chi connectivity index (χ1v) is 7.87. The Kier molecular flexibility index (Phi) is 4.82. The number of carbonyl (C=O) groups is 1. The lowest BCUT2D eigenvalue weighted by Crippen LogP contribution is -2.00. The molecule has 0 spiro atoms. The second-order valence-corrected chi connectivity index (χ2v) is 5.64. The molecule has 0 bridgehead atoms. The van der Waals surface area contributed by atoms with E-state index in [0.29, 0.717) is 16.9 Å². The van der Waals surface area contributed by atoms with E-state index < -0.39 is 10.9 Å². The maximum absolute atomic E-state index is 11.2. The molecule has 0 unspecified atom stereocenters. The number of benzene rings is 2. The highest BCUT2D eigenvalue weighted by Gasteiger charge is 2.11. The molecule has 0 fully saturated rings. The highest BCUT2D eigenvalue weighted by molar-refractivity contribution is 5.90. The van der Waals surface area contributed by atoms with Crippen LogP contribution in [0.25, 0.3) is 17.3 Å². The van der Waals surface area contributed by atoms with Crippen LogP contribution in [0.5, 0.6) is 0 Å². The van der Waals surface area contributed by atoms with Crippen LogP contribution in [0.15, 0.2) is 66.9 Å². The van der Waals surface area contributed by atoms with E-state index in [4.69, 9.17) is 5.11 Å². The van der Waals surface area contributed by atoms with Gasteiger partial charge in [0, 0.05) is 29.7 Å². The summed E-state index contributed by atoms with van der Waals surface area (Å²) in [5.74, 6) is -1.03. The monoisotopic (exact) mass is 359 g/mol. The number of nitro benzene ring substituents is 1. The average molecular weight is 359 g/mol. The number of nitro groups is 1. The van der Waals surface area contributed by atoms with Gasteiger partial charge in [0.25, 0.3) is 5.69 Å². The summed E-state index contributed by atoms with van der Waals surface area (Å²) in [7, 11) is 0. The van der Waals surface area contributed by atoms with E-state index in [2.05, 4.69) is 6.07 Å². The van der Waals surface area contributed by atoms with Crippen LogP contribution in [-0.4, -0.2) is 20.6 Å². The van der Waals surface area contributed by atoms with E-state index in [1.807, 2.05) is 0 Å². The van der Waals surface area contributed by atoms with Crippen LogP contribution < -0.4 is 0 Å². The van der Waals surface area contributed by atoms with Gasteiger partial charge in [-0.15, -0.1) is 0 Å². The van der Waals surface area contributed by atoms with Crippen LogP contribution in [-0.2, 0) is 0 Å². The van der Waals surface area contributed by atoms with Crippen molar-refractivity contribution < 1.29 is 14.8 Å². The molecule has 27 heavy (non-hydrogen) atoms. The molecule has 0 radical (unpaired) electrons. The highest BCUT2D eigenvalue weighted by atomic mass is 16.6. The number of nitrogens with zero attached hydrogens (tertiary/aromatic N) is 3. The second kappa shape index (κ2) is 7.37. The van der Waals surface area contributed by atoms with Crippen molar-refractivity contribution in [3.05, 3.63) is 93.8 Å². The van der Waals surface area contributed by atoms with Crippen molar-refractivity contribution in [3.63, 3.8) is 0 Å². The molecular weight excluding hydrogens is 346 g/mol. The van der Waals surface area contributed by atoms with Crippen molar-refractivity contribution in [2.75, 3.05) is 0 Å². The van der Waals surface area contributed by atoms with Crippen LogP contribution in [0, 0.1) is 21.4 Å². The van der Waals surface area contributed by atoms with Gasteiger partial charge in [-0.25, -0.2) is 4.79 Å². The first-order valence-electron chi connectivity index (χ1n) is 7.87. The standard InChI is InChI=1S/C20H13N3O4/c21-13-16(14-4-1-7-19(10-14)23(26)27)12-18-8-3-9-22(18)17-6-2-5-15(11-17)20(24)25/h1-12H,(H,24,25). The molecule has 7 heteroatoms. The number of hydrogen-bond donors (Lipinski definition) is 1. The van der Waals surface area contributed by atoms with Crippen molar-refractivity contribution in [1.29, 1.82) is 5.26 Å². The number of carboxylic acids is 1. The molecule has 0 aliphatic rings. The first-order chi connectivity index (χ1) is 13.0. The Bertz CT molecular complexity index is 1110. The smallest absolute Gasteiger partial charge is 0.335 e. The molecular formula is C20H13N3O4. The van der Waals surface area contributed by atoms with Gasteiger partial charge < -0.3 is 9.67 Å². The van der Waals surface area contributed by atoms with E-state index in [-0.39, 0.29) is 16.8 Å². The predicted octanol–water partition coefficient (Wildman–Crippen LogP) is 4.15. The van der Waals surface area contributed by atoms with Gasteiger partial charge in [0.05, 0.1) is 22.1 Å². The fourth-order valence-corrected chi connectivity index (χ4v) is 2.65. The molecule has 0 amide bonds. The van der Waals surface area contributed by atoms with Gasteiger partial charge >= 0.3 is 5.97 Å². The van der Waals surface area contributed by atoms with Crippen molar-refractivity contribution in [2.24, 2.45) is 0 Å². The van der Waals surface area contributed by atoms with Crippen LogP contribution in [0.1, 0.15) is 21.6 Å². The fourth-order valence-electron chi connectivity index (χ4n) is 2.65. The van der Waals surface area contributed by atoms with Gasteiger partial charge in [-0.05, 0) is 42.0 Å². The maximum atomic E-state index is 11.2. The third-order valence-electron chi connectivity index (χ3n) is 3.93. The Balaban J connectivity index is 2.05. The lowest BCUT2D eigenvalue weighted by atomic mass is 10.1. The Hall–Kier alpha value is -4.18. The quantitative estimate of drug-likeness (QED) is 0.418. The van der Waals surface area contributed by atoms with Crippen LogP contribution in [0.2, 0.25) is 0 Å². The molecule has 1 heterocycles. The summed E-state index contributed by atoms with van der Waals surface area (Å²) in [6, 6.07) is 17.9. The Morgan fingerprint density at radius 3 is 2.56 bits per heavy atom. The van der Waals surface area contributed by atoms with Crippen molar-refractivity contribution >= 4 is 23.3 Å². The highest BCUT2D eigenvalue weighted by Crippen LogP contribution is 2.24. The van der Waals surface area contributed by atoms with Crippen LogP contribution >= 0.6 is 0 Å². The summed E-state index contributed by atoms with van der Waals surface area (Å²) in [6.07, 6.45) is 3.35. The maximum Gasteiger partial charge on any atom is 0.335 e. The largest absolute Gasteiger partial charge is 0.478 e. The summed E-state index contributed by atoms with van der Waals surface area (Å²) in [5, 5.41) is 29.6. The first kappa shape index (κ1) is 17.6. The molecule has 2 aromatic carbocycles. The molecule has 3 aromatic rings. The van der Waals surface area contributed by atoms with Crippen molar-refractivity contribution in [3.8, 4) is 11.8 Å². The van der Waals surface area contributed by atoms with Gasteiger partial charge in [-0.2, -0.15) is 5.26 Å². The van der Waals surface area contributed by atoms with Gasteiger partial charge in [0.2, 0.25) is 0 Å². The minimum Gasteiger partial charge on any atom is -0.478 e. The topological polar surface area (TPSA) is 109 Å². The molecule has 7 nitrogen and oxygen atoms in total. The van der Waals surface area contributed by atoms with Gasteiger partial charge in [-0.3, -0.25) is 10.1 Å². The van der Waals surface area contributed by atoms with Crippen molar-refractivity contribution in [1.82, 2.24) is 4.57 Å². The lowest BCUT2D eigenvalue weighted by molar-refractivity contribution is -0.384. The summed E-state index contributed by atoms with van der Waals surface area (Å²) in [6.45, 7) is 0. The number of hydrogen-bond acceptors (Lipinski definition) is 4. The average Bonchev–Trinajstić information content (AvgIpc) is 3.14. The van der Waals surface area contributed by atoms with Crippen LogP contribution in [0.3, 0.4) is 0 Å². The fraction of sp³-hybridized carbons (Fsp3) is 0. The Morgan fingerprint density at radius 2 is 1.85 bits per heavy atom. The van der Waals surface area contributed by atoms with Crippen LogP contribution in [0.4, 0.5) is 5.69 Å². The van der Waals surface area contributed by atoms with Gasteiger partial charge in [0.1, 0.15) is 0 Å².